The Bertz CT molecular complexity index is 2940. The highest BCUT2D eigenvalue weighted by Gasteiger charge is 2.22. The predicted octanol–water partition coefficient (Wildman–Crippen LogP) is 8.82. The minimum Gasteiger partial charge on any atom is -0.359 e. The van der Waals surface area contributed by atoms with E-state index in [2.05, 4.69) is 84.9 Å². The highest BCUT2D eigenvalue weighted by Crippen LogP contribution is 2.28. The summed E-state index contributed by atoms with van der Waals surface area (Å²) in [6.07, 6.45) is 23.3. The smallest absolute Gasteiger partial charge is 0.263 e. The van der Waals surface area contributed by atoms with Crippen molar-refractivity contribution < 1.29 is 19.2 Å². The average Bonchev–Trinajstić information content (AvgIpc) is 4.24. The van der Waals surface area contributed by atoms with Crippen LogP contribution in [0.15, 0.2) is 110 Å². The number of hydrogen-bond donors (Lipinski definition) is 6. The van der Waals surface area contributed by atoms with Gasteiger partial charge in [0.25, 0.3) is 11.8 Å². The highest BCUT2D eigenvalue weighted by atomic mass is 32.1. The van der Waals surface area contributed by atoms with Crippen molar-refractivity contribution in [2.75, 3.05) is 14.1 Å². The third kappa shape index (κ3) is 13.7. The third-order valence-corrected chi connectivity index (χ3v) is 12.5. The first kappa shape index (κ1) is 49.3. The quantitative estimate of drug-likeness (QED) is 0.0375. The van der Waals surface area contributed by atoms with Crippen molar-refractivity contribution in [3.63, 3.8) is 0 Å². The number of amides is 4. The van der Waals surface area contributed by atoms with Crippen molar-refractivity contribution in [3.05, 3.63) is 132 Å². The zero-order valence-corrected chi connectivity index (χ0v) is 40.2. The molecule has 0 aliphatic carbocycles. The normalized spacial score (nSPS) is 12.0. The van der Waals surface area contributed by atoms with E-state index in [4.69, 9.17) is 0 Å². The van der Waals surface area contributed by atoms with E-state index in [0.29, 0.717) is 47.8 Å². The largest absolute Gasteiger partial charge is 0.359 e. The van der Waals surface area contributed by atoms with Gasteiger partial charge in [-0.15, -0.1) is 0 Å². The van der Waals surface area contributed by atoms with Gasteiger partial charge in [0.2, 0.25) is 11.8 Å². The first-order valence-corrected chi connectivity index (χ1v) is 24.1. The summed E-state index contributed by atoms with van der Waals surface area (Å²) in [5.74, 6) is 1.15. The lowest BCUT2D eigenvalue weighted by Gasteiger charge is -2.16. The zero-order valence-electron chi connectivity index (χ0n) is 39.4. The number of nitrogens with zero attached hydrogens (tertiary/aromatic N) is 7. The number of aromatic nitrogens is 9. The summed E-state index contributed by atoms with van der Waals surface area (Å²) >= 11 is 1.17. The van der Waals surface area contributed by atoms with Gasteiger partial charge in [0, 0.05) is 92.1 Å². The van der Waals surface area contributed by atoms with Gasteiger partial charge in [0.1, 0.15) is 16.5 Å². The average molecular weight is 950 g/mol. The SMILES string of the molecule is CNC(=O)CCCCC[C@H](NC(=O)c1ccns1)c1ncc(-c2ccc3ccncc3c2)[nH]1.CNC(=O)CCCCC[C@H](NC(=O)c1cnn(C(C)C)c1)c1ncc(-c2ccc3ccncc3c2)[nH]1. The molecule has 4 amide bonds. The molecule has 6 N–H and O–H groups in total. The first-order valence-electron chi connectivity index (χ1n) is 23.3. The second kappa shape index (κ2) is 24.4. The van der Waals surface area contributed by atoms with Gasteiger partial charge >= 0.3 is 0 Å². The molecule has 0 radical (unpaired) electrons. The number of carbonyl (C=O) groups is 4. The Labute approximate surface area is 405 Å². The summed E-state index contributed by atoms with van der Waals surface area (Å²) in [5, 5.41) is 20.2. The van der Waals surface area contributed by atoms with Gasteiger partial charge in [0.05, 0.1) is 47.6 Å². The molecule has 0 bridgehead atoms. The van der Waals surface area contributed by atoms with Crippen LogP contribution >= 0.6 is 11.5 Å². The number of nitrogens with one attached hydrogen (secondary N) is 6. The van der Waals surface area contributed by atoms with Crippen molar-refractivity contribution in [2.24, 2.45) is 0 Å². The summed E-state index contributed by atoms with van der Waals surface area (Å²) in [6, 6.07) is 17.6. The molecular formula is C51H59N13O4S. The molecule has 18 heteroatoms. The van der Waals surface area contributed by atoms with E-state index in [1.807, 2.05) is 50.5 Å². The summed E-state index contributed by atoms with van der Waals surface area (Å²) < 4.78 is 5.78. The van der Waals surface area contributed by atoms with Crippen molar-refractivity contribution in [2.45, 2.75) is 96.2 Å². The summed E-state index contributed by atoms with van der Waals surface area (Å²) in [6.45, 7) is 4.03. The summed E-state index contributed by atoms with van der Waals surface area (Å²) in [7, 11) is 3.30. The van der Waals surface area contributed by atoms with E-state index in [9.17, 15) is 19.2 Å². The Kier molecular flexibility index (Phi) is 17.5. The van der Waals surface area contributed by atoms with Gasteiger partial charge in [0.15, 0.2) is 0 Å². The van der Waals surface area contributed by atoms with Crippen LogP contribution in [-0.2, 0) is 9.59 Å². The maximum Gasteiger partial charge on any atom is 0.263 e. The Morgan fingerprint density at radius 3 is 1.62 bits per heavy atom. The topological polar surface area (TPSA) is 230 Å². The lowest BCUT2D eigenvalue weighted by Crippen LogP contribution is -2.29. The third-order valence-electron chi connectivity index (χ3n) is 11.8. The summed E-state index contributed by atoms with van der Waals surface area (Å²) in [4.78, 5) is 73.7. The van der Waals surface area contributed by atoms with Gasteiger partial charge < -0.3 is 31.2 Å². The van der Waals surface area contributed by atoms with E-state index in [0.717, 1.165) is 82.6 Å². The molecule has 2 atom stereocenters. The number of imidazole rings is 2. The van der Waals surface area contributed by atoms with Crippen LogP contribution in [0.4, 0.5) is 0 Å². The Balaban J connectivity index is 0.000000205. The number of benzene rings is 2. The fourth-order valence-corrected chi connectivity index (χ4v) is 8.29. The molecule has 0 fully saturated rings. The fourth-order valence-electron chi connectivity index (χ4n) is 7.79. The second-order valence-electron chi connectivity index (χ2n) is 17.0. The van der Waals surface area contributed by atoms with Gasteiger partial charge in [-0.25, -0.2) is 14.3 Å². The van der Waals surface area contributed by atoms with Crippen LogP contribution in [0.3, 0.4) is 0 Å². The molecule has 6 aromatic heterocycles. The maximum atomic E-state index is 13.0. The molecule has 8 rings (SSSR count). The minimum atomic E-state index is -0.296. The molecule has 17 nitrogen and oxygen atoms in total. The van der Waals surface area contributed by atoms with Crippen molar-refractivity contribution in [1.29, 1.82) is 0 Å². The molecule has 69 heavy (non-hydrogen) atoms. The second-order valence-corrected chi connectivity index (χ2v) is 17.8. The van der Waals surface area contributed by atoms with Crippen LogP contribution < -0.4 is 21.3 Å². The molecule has 358 valence electrons. The molecule has 0 aliphatic rings. The number of carbonyl (C=O) groups excluding carboxylic acids is 4. The number of aromatic amines is 2. The molecule has 0 saturated carbocycles. The van der Waals surface area contributed by atoms with E-state index in [1.54, 1.807) is 68.2 Å². The number of unbranched alkanes of at least 4 members (excludes halogenated alkanes) is 4. The molecule has 0 aliphatic heterocycles. The predicted molar refractivity (Wildman–Crippen MR) is 268 cm³/mol. The zero-order chi connectivity index (χ0) is 48.5. The number of rotatable bonds is 21. The molecular weight excluding hydrogens is 891 g/mol. The van der Waals surface area contributed by atoms with Crippen molar-refractivity contribution in [1.82, 2.24) is 65.3 Å². The monoisotopic (exact) mass is 949 g/mol. The standard InChI is InChI=1S/C27H33N7O2.C24H26N6O2S/c1-18(2)34-17-22(15-31-34)27(36)33-23(7-5-4-6-8-25(35)28-3)26-30-16-24(32-26)20-10-9-19-11-12-29-14-21(19)13-20;1-25-22(31)6-4-2-3-5-19(30-24(32)21-10-12-28-33-21)23-27-15-20(29-23)17-8-7-16-9-11-26-14-18(16)13-17/h9-18,23H,4-8H2,1-3H3,(H,28,35)(H,30,32)(H,33,36);7-15,19H,2-6H2,1H3,(H,25,31)(H,27,29)(H,30,32)/t23-;19-/m00/s1. The molecule has 0 saturated heterocycles. The fraction of sp³-hybridized carbons (Fsp3) is 0.333. The number of hydrogen-bond acceptors (Lipinski definition) is 11. The van der Waals surface area contributed by atoms with Crippen LogP contribution in [0.1, 0.15) is 128 Å². The number of pyridine rings is 2. The molecule has 0 spiro atoms. The van der Waals surface area contributed by atoms with Crippen LogP contribution in [-0.4, -0.2) is 81.8 Å². The van der Waals surface area contributed by atoms with Gasteiger partial charge in [-0.05, 0) is 92.2 Å². The Morgan fingerprint density at radius 1 is 0.609 bits per heavy atom. The first-order chi connectivity index (χ1) is 33.6. The molecule has 0 unspecified atom stereocenters. The summed E-state index contributed by atoms with van der Waals surface area (Å²) in [5.41, 5.74) is 4.28. The van der Waals surface area contributed by atoms with Crippen LogP contribution in [0.5, 0.6) is 0 Å². The number of H-pyrrole nitrogens is 2. The lowest BCUT2D eigenvalue weighted by atomic mass is 10.1. The molecule has 2 aromatic carbocycles. The van der Waals surface area contributed by atoms with Crippen molar-refractivity contribution in [3.8, 4) is 22.5 Å². The van der Waals surface area contributed by atoms with Gasteiger partial charge in [-0.2, -0.15) is 5.10 Å². The van der Waals surface area contributed by atoms with E-state index < -0.39 is 0 Å². The van der Waals surface area contributed by atoms with Gasteiger partial charge in [-0.3, -0.25) is 33.8 Å². The van der Waals surface area contributed by atoms with E-state index in [1.165, 1.54) is 11.5 Å². The lowest BCUT2D eigenvalue weighted by molar-refractivity contribution is -0.121. The maximum absolute atomic E-state index is 13.0. The van der Waals surface area contributed by atoms with E-state index >= 15 is 0 Å². The molecule has 8 aromatic rings. The Hall–Kier alpha value is -7.60. The van der Waals surface area contributed by atoms with Crippen LogP contribution in [0.25, 0.3) is 44.1 Å². The highest BCUT2D eigenvalue weighted by molar-refractivity contribution is 7.08. The van der Waals surface area contributed by atoms with Crippen molar-refractivity contribution >= 4 is 56.7 Å². The van der Waals surface area contributed by atoms with E-state index in [-0.39, 0.29) is 41.8 Å². The minimum absolute atomic E-state index is 0.0447. The Morgan fingerprint density at radius 2 is 1.14 bits per heavy atom. The van der Waals surface area contributed by atoms with Crippen LogP contribution in [0.2, 0.25) is 0 Å². The number of fused-ring (bicyclic) bond motifs is 2. The van der Waals surface area contributed by atoms with Gasteiger partial charge in [-0.1, -0.05) is 49.9 Å². The molecule has 6 heterocycles. The van der Waals surface area contributed by atoms with Crippen LogP contribution in [0, 0.1) is 0 Å².